The minimum Gasteiger partial charge on any atom is -0.384 e. The van der Waals surface area contributed by atoms with Crippen LogP contribution in [0.4, 0.5) is 5.95 Å². The highest BCUT2D eigenvalue weighted by Crippen LogP contribution is 2.37. The van der Waals surface area contributed by atoms with Gasteiger partial charge in [-0.15, -0.1) is 0 Å². The molecule has 4 rings (SSSR count). The molecule has 0 saturated heterocycles. The highest BCUT2D eigenvalue weighted by atomic mass is 35.5. The Morgan fingerprint density at radius 2 is 1.91 bits per heavy atom. The number of fused-ring (bicyclic) bond motifs is 3. The number of hydrogen-bond donors (Lipinski definition) is 2. The summed E-state index contributed by atoms with van der Waals surface area (Å²) in [6.07, 6.45) is 0. The fourth-order valence-corrected chi connectivity index (χ4v) is 3.07. The lowest BCUT2D eigenvalue weighted by Crippen LogP contribution is -2.27. The SMILES string of the molecule is N#CC1=C(N)Nc2nc3ccccc3n2C1c1ccc(Cl)cc1. The Kier molecular flexibility index (Phi) is 3.00. The summed E-state index contributed by atoms with van der Waals surface area (Å²) >= 11 is 5.99. The summed E-state index contributed by atoms with van der Waals surface area (Å²) < 4.78 is 1.99. The van der Waals surface area contributed by atoms with Crippen molar-refractivity contribution < 1.29 is 0 Å². The van der Waals surface area contributed by atoms with Crippen molar-refractivity contribution >= 4 is 28.6 Å². The second-order valence-corrected chi connectivity index (χ2v) is 5.75. The van der Waals surface area contributed by atoms with Crippen molar-refractivity contribution in [2.45, 2.75) is 6.04 Å². The number of hydrogen-bond acceptors (Lipinski definition) is 4. The second kappa shape index (κ2) is 5.04. The van der Waals surface area contributed by atoms with Crippen LogP contribution in [-0.4, -0.2) is 9.55 Å². The Hall–Kier alpha value is -2.97. The van der Waals surface area contributed by atoms with Crippen molar-refractivity contribution in [1.82, 2.24) is 9.55 Å². The molecule has 1 atom stereocenters. The molecule has 0 spiro atoms. The van der Waals surface area contributed by atoms with Crippen LogP contribution in [0.25, 0.3) is 11.0 Å². The van der Waals surface area contributed by atoms with Gasteiger partial charge in [-0.25, -0.2) is 4.98 Å². The lowest BCUT2D eigenvalue weighted by Gasteiger charge is -2.27. The second-order valence-electron chi connectivity index (χ2n) is 5.31. The van der Waals surface area contributed by atoms with Gasteiger partial charge in [-0.2, -0.15) is 5.26 Å². The third-order valence-electron chi connectivity index (χ3n) is 3.97. The van der Waals surface area contributed by atoms with E-state index in [9.17, 15) is 5.26 Å². The summed E-state index contributed by atoms with van der Waals surface area (Å²) in [4.78, 5) is 4.57. The van der Waals surface area contributed by atoms with E-state index in [1.807, 2.05) is 53.1 Å². The molecule has 23 heavy (non-hydrogen) atoms. The fourth-order valence-electron chi connectivity index (χ4n) is 2.94. The number of nitrogens with one attached hydrogen (secondary N) is 1. The van der Waals surface area contributed by atoms with Crippen LogP contribution in [0.15, 0.2) is 59.9 Å². The van der Waals surface area contributed by atoms with E-state index in [4.69, 9.17) is 17.3 Å². The normalized spacial score (nSPS) is 16.8. The highest BCUT2D eigenvalue weighted by Gasteiger charge is 2.30. The first-order chi connectivity index (χ1) is 11.2. The third-order valence-corrected chi connectivity index (χ3v) is 4.22. The minimum absolute atomic E-state index is 0.329. The standard InChI is InChI=1S/C17H12ClN5/c18-11-7-5-10(6-8-11)15-12(9-19)16(20)22-17-21-13-3-1-2-4-14(13)23(15)17/h1-8,15H,20H2,(H,21,22). The molecule has 0 radical (unpaired) electrons. The average Bonchev–Trinajstić information content (AvgIpc) is 2.92. The Morgan fingerprint density at radius 1 is 1.17 bits per heavy atom. The number of nitriles is 1. The van der Waals surface area contributed by atoms with Gasteiger partial charge in [0.05, 0.1) is 16.6 Å². The van der Waals surface area contributed by atoms with E-state index in [0.717, 1.165) is 16.6 Å². The van der Waals surface area contributed by atoms with Gasteiger partial charge in [0.25, 0.3) is 0 Å². The lowest BCUT2D eigenvalue weighted by atomic mass is 9.97. The molecule has 1 aliphatic rings. The molecule has 0 aliphatic carbocycles. The van der Waals surface area contributed by atoms with Crippen LogP contribution in [0.3, 0.4) is 0 Å². The Morgan fingerprint density at radius 3 is 2.65 bits per heavy atom. The molecule has 112 valence electrons. The fraction of sp³-hybridized carbons (Fsp3) is 0.0588. The largest absolute Gasteiger partial charge is 0.384 e. The van der Waals surface area contributed by atoms with Gasteiger partial charge in [0.2, 0.25) is 5.95 Å². The van der Waals surface area contributed by atoms with E-state index >= 15 is 0 Å². The van der Waals surface area contributed by atoms with Gasteiger partial charge in [0, 0.05) is 5.02 Å². The topological polar surface area (TPSA) is 79.7 Å². The van der Waals surface area contributed by atoms with Crippen molar-refractivity contribution in [3.05, 3.63) is 70.5 Å². The quantitative estimate of drug-likeness (QED) is 0.720. The van der Waals surface area contributed by atoms with Crippen LogP contribution in [0.1, 0.15) is 11.6 Å². The van der Waals surface area contributed by atoms with Crippen molar-refractivity contribution in [2.75, 3.05) is 5.32 Å². The molecule has 3 aromatic rings. The van der Waals surface area contributed by atoms with E-state index in [0.29, 0.717) is 22.4 Å². The van der Waals surface area contributed by atoms with Crippen LogP contribution < -0.4 is 11.1 Å². The minimum atomic E-state index is -0.332. The zero-order valence-corrected chi connectivity index (χ0v) is 12.7. The first-order valence-electron chi connectivity index (χ1n) is 7.08. The van der Waals surface area contributed by atoms with Gasteiger partial charge in [-0.1, -0.05) is 35.9 Å². The smallest absolute Gasteiger partial charge is 0.210 e. The summed E-state index contributed by atoms with van der Waals surface area (Å²) in [5.41, 5.74) is 9.23. The van der Waals surface area contributed by atoms with Crippen LogP contribution in [0.5, 0.6) is 0 Å². The predicted molar refractivity (Wildman–Crippen MR) is 89.8 cm³/mol. The van der Waals surface area contributed by atoms with Gasteiger partial charge in [-0.05, 0) is 29.8 Å². The summed E-state index contributed by atoms with van der Waals surface area (Å²) in [6.45, 7) is 0. The van der Waals surface area contributed by atoms with E-state index in [-0.39, 0.29) is 6.04 Å². The Balaban J connectivity index is 2.02. The maximum atomic E-state index is 9.60. The third kappa shape index (κ3) is 2.04. The summed E-state index contributed by atoms with van der Waals surface area (Å²) in [6, 6.07) is 17.1. The van der Waals surface area contributed by atoms with Crippen molar-refractivity contribution in [2.24, 2.45) is 5.73 Å². The van der Waals surface area contributed by atoms with Gasteiger partial charge in [-0.3, -0.25) is 4.57 Å². The van der Waals surface area contributed by atoms with Gasteiger partial charge in [0.1, 0.15) is 17.9 Å². The molecule has 0 amide bonds. The number of nitrogens with zero attached hydrogens (tertiary/aromatic N) is 3. The molecule has 1 aliphatic heterocycles. The molecular weight excluding hydrogens is 310 g/mol. The monoisotopic (exact) mass is 321 g/mol. The number of rotatable bonds is 1. The Bertz CT molecular complexity index is 978. The number of benzene rings is 2. The van der Waals surface area contributed by atoms with Crippen LogP contribution in [-0.2, 0) is 0 Å². The highest BCUT2D eigenvalue weighted by molar-refractivity contribution is 6.30. The number of allylic oxidation sites excluding steroid dienone is 1. The van der Waals surface area contributed by atoms with E-state index in [1.54, 1.807) is 0 Å². The molecule has 3 N–H and O–H groups in total. The molecule has 2 heterocycles. The predicted octanol–water partition coefficient (Wildman–Crippen LogP) is 3.40. The number of anilines is 1. The first kappa shape index (κ1) is 13.7. The van der Waals surface area contributed by atoms with Crippen LogP contribution in [0, 0.1) is 11.3 Å². The molecule has 0 fully saturated rings. The zero-order chi connectivity index (χ0) is 16.0. The summed E-state index contributed by atoms with van der Waals surface area (Å²) in [7, 11) is 0. The first-order valence-corrected chi connectivity index (χ1v) is 7.46. The molecule has 1 aromatic heterocycles. The van der Waals surface area contributed by atoms with E-state index < -0.39 is 0 Å². The molecule has 6 heteroatoms. The van der Waals surface area contributed by atoms with Crippen LogP contribution >= 0.6 is 11.6 Å². The number of halogens is 1. The molecular formula is C17H12ClN5. The molecule has 1 unspecified atom stereocenters. The zero-order valence-electron chi connectivity index (χ0n) is 12.0. The van der Waals surface area contributed by atoms with Gasteiger partial charge in [0.15, 0.2) is 0 Å². The average molecular weight is 322 g/mol. The molecule has 5 nitrogen and oxygen atoms in total. The van der Waals surface area contributed by atoms with Gasteiger partial charge >= 0.3 is 0 Å². The van der Waals surface area contributed by atoms with Crippen molar-refractivity contribution in [1.29, 1.82) is 5.26 Å². The maximum Gasteiger partial charge on any atom is 0.210 e. The number of nitrogens with two attached hydrogens (primary N) is 1. The molecule has 0 bridgehead atoms. The lowest BCUT2D eigenvalue weighted by molar-refractivity contribution is 0.680. The van der Waals surface area contributed by atoms with E-state index in [1.165, 1.54) is 0 Å². The Labute approximate surface area is 137 Å². The van der Waals surface area contributed by atoms with E-state index in [2.05, 4.69) is 16.4 Å². The number of aromatic nitrogens is 2. The van der Waals surface area contributed by atoms with Crippen molar-refractivity contribution in [3.8, 4) is 6.07 Å². The summed E-state index contributed by atoms with van der Waals surface area (Å²) in [5, 5.41) is 13.3. The van der Waals surface area contributed by atoms with Gasteiger partial charge < -0.3 is 11.1 Å². The number of imidazole rings is 1. The maximum absolute atomic E-state index is 9.60. The summed E-state index contributed by atoms with van der Waals surface area (Å²) in [5.74, 6) is 0.956. The van der Waals surface area contributed by atoms with Crippen molar-refractivity contribution in [3.63, 3.8) is 0 Å². The molecule has 0 saturated carbocycles. The number of para-hydroxylation sites is 2. The molecule has 2 aromatic carbocycles. The van der Waals surface area contributed by atoms with Crippen LogP contribution in [0.2, 0.25) is 5.02 Å².